The molecule has 0 bridgehead atoms. The number of hydrogen-bond donors (Lipinski definition) is 1. The smallest absolute Gasteiger partial charge is 0.338 e. The lowest BCUT2D eigenvalue weighted by Crippen LogP contribution is -2.07. The third-order valence-corrected chi connectivity index (χ3v) is 3.33. The molecule has 0 aliphatic carbocycles. The lowest BCUT2D eigenvalue weighted by atomic mass is 9.99. The molecular formula is C18H20O3. The fraction of sp³-hybridized carbons (Fsp3) is 0.278. The number of aliphatic hydroxyl groups excluding tert-OH is 1. The van der Waals surface area contributed by atoms with Crippen LogP contribution in [0, 0.1) is 0 Å². The van der Waals surface area contributed by atoms with Gasteiger partial charge in [-0.2, -0.15) is 0 Å². The van der Waals surface area contributed by atoms with Crippen molar-refractivity contribution < 1.29 is 14.6 Å². The maximum atomic E-state index is 12.2. The molecule has 0 spiro atoms. The fourth-order valence-corrected chi connectivity index (χ4v) is 2.09. The van der Waals surface area contributed by atoms with Gasteiger partial charge in [-0.3, -0.25) is 0 Å². The molecule has 2 aromatic carbocycles. The van der Waals surface area contributed by atoms with Crippen molar-refractivity contribution >= 4 is 5.97 Å². The van der Waals surface area contributed by atoms with Crippen LogP contribution in [0.2, 0.25) is 0 Å². The molecular weight excluding hydrogens is 264 g/mol. The van der Waals surface area contributed by atoms with Crippen molar-refractivity contribution in [2.75, 3.05) is 6.61 Å². The first-order valence-corrected chi connectivity index (χ1v) is 7.22. The van der Waals surface area contributed by atoms with E-state index in [1.165, 1.54) is 0 Å². The second kappa shape index (κ2) is 7.60. The Balaban J connectivity index is 2.25. The van der Waals surface area contributed by atoms with Gasteiger partial charge in [0.1, 0.15) is 0 Å². The summed E-state index contributed by atoms with van der Waals surface area (Å²) in [6, 6.07) is 14.9. The lowest BCUT2D eigenvalue weighted by Gasteiger charge is -2.10. The van der Waals surface area contributed by atoms with E-state index in [1.54, 1.807) is 6.07 Å². The van der Waals surface area contributed by atoms with Gasteiger partial charge < -0.3 is 9.84 Å². The third-order valence-electron chi connectivity index (χ3n) is 3.33. The molecule has 0 amide bonds. The van der Waals surface area contributed by atoms with Gasteiger partial charge in [-0.1, -0.05) is 55.8 Å². The third kappa shape index (κ3) is 3.92. The lowest BCUT2D eigenvalue weighted by molar-refractivity contribution is 0.0500. The standard InChI is InChI=1S/C18H20O3/c1-2-3-12-21-18(20)17-7-5-4-6-16(17)15-10-8-14(13-19)9-11-15/h4-11,19H,2-3,12-13H2,1H3. The number of benzene rings is 2. The second-order valence-corrected chi connectivity index (χ2v) is 4.89. The topological polar surface area (TPSA) is 46.5 Å². The Kier molecular flexibility index (Phi) is 5.52. The normalized spacial score (nSPS) is 10.4. The molecule has 0 saturated heterocycles. The molecule has 0 unspecified atom stereocenters. The van der Waals surface area contributed by atoms with Gasteiger partial charge in [0.2, 0.25) is 0 Å². The molecule has 110 valence electrons. The average Bonchev–Trinajstić information content (AvgIpc) is 2.55. The van der Waals surface area contributed by atoms with Crippen molar-refractivity contribution in [2.45, 2.75) is 26.4 Å². The maximum absolute atomic E-state index is 12.2. The van der Waals surface area contributed by atoms with Crippen LogP contribution >= 0.6 is 0 Å². The van der Waals surface area contributed by atoms with Crippen LogP contribution in [0.1, 0.15) is 35.7 Å². The van der Waals surface area contributed by atoms with Crippen molar-refractivity contribution in [1.29, 1.82) is 0 Å². The first-order valence-electron chi connectivity index (χ1n) is 7.22. The molecule has 0 heterocycles. The molecule has 0 aliphatic rings. The molecule has 0 fully saturated rings. The van der Waals surface area contributed by atoms with E-state index in [-0.39, 0.29) is 12.6 Å². The van der Waals surface area contributed by atoms with Gasteiger partial charge in [0.05, 0.1) is 18.8 Å². The van der Waals surface area contributed by atoms with Gasteiger partial charge in [0.25, 0.3) is 0 Å². The van der Waals surface area contributed by atoms with Crippen molar-refractivity contribution in [3.63, 3.8) is 0 Å². The Labute approximate surface area is 125 Å². The number of hydrogen-bond acceptors (Lipinski definition) is 3. The number of carbonyl (C=O) groups is 1. The minimum Gasteiger partial charge on any atom is -0.462 e. The summed E-state index contributed by atoms with van der Waals surface area (Å²) in [6.45, 7) is 2.53. The van der Waals surface area contributed by atoms with Gasteiger partial charge in [0, 0.05) is 0 Å². The monoisotopic (exact) mass is 284 g/mol. The van der Waals surface area contributed by atoms with Crippen LogP contribution in [-0.2, 0) is 11.3 Å². The molecule has 3 heteroatoms. The van der Waals surface area contributed by atoms with E-state index in [2.05, 4.69) is 6.92 Å². The van der Waals surface area contributed by atoms with Gasteiger partial charge in [-0.05, 0) is 29.2 Å². The van der Waals surface area contributed by atoms with Crippen LogP contribution in [0.4, 0.5) is 0 Å². The molecule has 0 atom stereocenters. The van der Waals surface area contributed by atoms with Crippen molar-refractivity contribution in [3.05, 3.63) is 59.7 Å². The second-order valence-electron chi connectivity index (χ2n) is 4.89. The summed E-state index contributed by atoms with van der Waals surface area (Å²) in [7, 11) is 0. The summed E-state index contributed by atoms with van der Waals surface area (Å²) in [5, 5.41) is 9.09. The molecule has 2 rings (SSSR count). The largest absolute Gasteiger partial charge is 0.462 e. The predicted molar refractivity (Wildman–Crippen MR) is 83.0 cm³/mol. The zero-order valence-electron chi connectivity index (χ0n) is 12.2. The summed E-state index contributed by atoms with van der Waals surface area (Å²) < 4.78 is 5.30. The SMILES string of the molecule is CCCCOC(=O)c1ccccc1-c1ccc(CO)cc1. The highest BCUT2D eigenvalue weighted by Gasteiger charge is 2.13. The predicted octanol–water partition coefficient (Wildman–Crippen LogP) is 3.80. The van der Waals surface area contributed by atoms with Crippen LogP contribution in [0.15, 0.2) is 48.5 Å². The maximum Gasteiger partial charge on any atom is 0.338 e. The molecule has 0 aromatic heterocycles. The van der Waals surface area contributed by atoms with E-state index in [1.807, 2.05) is 42.5 Å². The van der Waals surface area contributed by atoms with Gasteiger partial charge in [-0.25, -0.2) is 4.79 Å². The Morgan fingerprint density at radius 2 is 1.81 bits per heavy atom. The van der Waals surface area contributed by atoms with E-state index >= 15 is 0 Å². The highest BCUT2D eigenvalue weighted by atomic mass is 16.5. The Bertz CT molecular complexity index is 588. The molecule has 1 N–H and O–H groups in total. The first kappa shape index (κ1) is 15.3. The minimum atomic E-state index is -0.287. The molecule has 0 aliphatic heterocycles. The summed E-state index contributed by atoms with van der Waals surface area (Å²) >= 11 is 0. The summed E-state index contributed by atoms with van der Waals surface area (Å²) in [4.78, 5) is 12.2. The van der Waals surface area contributed by atoms with Crippen molar-refractivity contribution in [1.82, 2.24) is 0 Å². The minimum absolute atomic E-state index is 0.0149. The van der Waals surface area contributed by atoms with E-state index in [0.717, 1.165) is 29.5 Å². The quantitative estimate of drug-likeness (QED) is 0.648. The number of unbranched alkanes of at least 4 members (excludes halogenated alkanes) is 1. The van der Waals surface area contributed by atoms with Crippen LogP contribution in [-0.4, -0.2) is 17.7 Å². The highest BCUT2D eigenvalue weighted by Crippen LogP contribution is 2.24. The first-order chi connectivity index (χ1) is 10.3. The van der Waals surface area contributed by atoms with Crippen LogP contribution in [0.25, 0.3) is 11.1 Å². The molecule has 3 nitrogen and oxygen atoms in total. The summed E-state index contributed by atoms with van der Waals surface area (Å²) in [5.74, 6) is -0.287. The van der Waals surface area contributed by atoms with Gasteiger partial charge in [-0.15, -0.1) is 0 Å². The van der Waals surface area contributed by atoms with E-state index in [9.17, 15) is 4.79 Å². The van der Waals surface area contributed by atoms with Crippen LogP contribution in [0.3, 0.4) is 0 Å². The Morgan fingerprint density at radius 3 is 2.48 bits per heavy atom. The fourth-order valence-electron chi connectivity index (χ4n) is 2.09. The van der Waals surface area contributed by atoms with Gasteiger partial charge in [0.15, 0.2) is 0 Å². The van der Waals surface area contributed by atoms with E-state index < -0.39 is 0 Å². The molecule has 2 aromatic rings. The number of ether oxygens (including phenoxy) is 1. The summed E-state index contributed by atoms with van der Waals surface area (Å²) in [6.07, 6.45) is 1.87. The van der Waals surface area contributed by atoms with Crippen molar-refractivity contribution in [3.8, 4) is 11.1 Å². The molecule has 21 heavy (non-hydrogen) atoms. The van der Waals surface area contributed by atoms with Crippen molar-refractivity contribution in [2.24, 2.45) is 0 Å². The molecule has 0 saturated carbocycles. The number of rotatable bonds is 6. The zero-order valence-corrected chi connectivity index (χ0v) is 12.2. The van der Waals surface area contributed by atoms with E-state index in [4.69, 9.17) is 9.84 Å². The average molecular weight is 284 g/mol. The number of esters is 1. The highest BCUT2D eigenvalue weighted by molar-refractivity contribution is 5.97. The molecule has 0 radical (unpaired) electrons. The number of aliphatic hydroxyl groups is 1. The Morgan fingerprint density at radius 1 is 1.10 bits per heavy atom. The number of carbonyl (C=O) groups excluding carboxylic acids is 1. The zero-order chi connectivity index (χ0) is 15.1. The van der Waals surface area contributed by atoms with Crippen LogP contribution in [0.5, 0.6) is 0 Å². The Hall–Kier alpha value is -2.13. The van der Waals surface area contributed by atoms with Gasteiger partial charge >= 0.3 is 5.97 Å². The summed E-state index contributed by atoms with van der Waals surface area (Å²) in [5.41, 5.74) is 3.21. The van der Waals surface area contributed by atoms with E-state index in [0.29, 0.717) is 12.2 Å². The van der Waals surface area contributed by atoms with Crippen LogP contribution < -0.4 is 0 Å².